The molecule has 1 aliphatic rings. The lowest BCUT2D eigenvalue weighted by Crippen LogP contribution is -2.49. The molecule has 1 aliphatic heterocycles. The summed E-state index contributed by atoms with van der Waals surface area (Å²) in [7, 11) is 0. The molecule has 328 valence electrons. The molecular formula is C50H89N3O4. The number of carbonyl (C=O) groups is 3. The average molecular weight is 796 g/mol. The molecule has 0 aliphatic carbocycles. The van der Waals surface area contributed by atoms with E-state index in [9.17, 15) is 14.4 Å². The molecule has 0 aromatic rings. The summed E-state index contributed by atoms with van der Waals surface area (Å²) in [6.07, 6.45) is 47.4. The number of hydrogen-bond acceptors (Lipinski definition) is 5. The zero-order valence-electron chi connectivity index (χ0n) is 37.6. The Hall–Kier alpha value is -2.67. The van der Waals surface area contributed by atoms with Gasteiger partial charge in [0.15, 0.2) is 0 Å². The monoisotopic (exact) mass is 796 g/mol. The number of amides is 2. The number of hydrogen-bond donors (Lipinski definition) is 2. The molecule has 1 fully saturated rings. The van der Waals surface area contributed by atoms with Crippen molar-refractivity contribution in [2.75, 3.05) is 32.8 Å². The third-order valence-electron chi connectivity index (χ3n) is 10.9. The van der Waals surface area contributed by atoms with Crippen LogP contribution in [0.3, 0.4) is 0 Å². The Balaban J connectivity index is 2.34. The number of piperidine rings is 1. The Bertz CT molecular complexity index is 1090. The third kappa shape index (κ3) is 34.0. The molecule has 0 saturated carbocycles. The molecule has 2 amide bonds. The standard InChI is InChI=1S/C50H89N3O4/c1-5-7-9-11-13-15-17-19-21-23-25-27-29-31-33-35-40-57-50(56)47(42-51-48(54)38-36-39-53-43-45(3)41-46(4)44-53)52-49(55)37-34-32-30-28-26-24-22-20-18-16-14-12-10-8-6-2/h13-16,19-22,45-47H,5-12,17-18,23-44H2,1-4H3,(H,51,54)(H,52,55)/b15-13-,16-14-,21-19-,22-20-. The summed E-state index contributed by atoms with van der Waals surface area (Å²) in [6, 6.07) is -0.868. The van der Waals surface area contributed by atoms with Crippen LogP contribution in [0, 0.1) is 11.8 Å². The van der Waals surface area contributed by atoms with Crippen LogP contribution < -0.4 is 10.6 Å². The molecule has 0 spiro atoms. The Morgan fingerprint density at radius 2 is 1.04 bits per heavy atom. The van der Waals surface area contributed by atoms with Gasteiger partial charge in [-0.1, -0.05) is 147 Å². The quantitative estimate of drug-likeness (QED) is 0.0371. The summed E-state index contributed by atoms with van der Waals surface area (Å²) >= 11 is 0. The highest BCUT2D eigenvalue weighted by Gasteiger charge is 2.24. The lowest BCUT2D eigenvalue weighted by Gasteiger charge is -2.34. The predicted octanol–water partition coefficient (Wildman–Crippen LogP) is 12.5. The molecule has 1 saturated heterocycles. The molecule has 0 aromatic carbocycles. The zero-order valence-corrected chi connectivity index (χ0v) is 37.6. The molecule has 3 unspecified atom stereocenters. The van der Waals surface area contributed by atoms with Crippen LogP contribution in [0.1, 0.15) is 201 Å². The van der Waals surface area contributed by atoms with Crippen molar-refractivity contribution >= 4 is 17.8 Å². The van der Waals surface area contributed by atoms with Crippen LogP contribution in [0.4, 0.5) is 0 Å². The number of nitrogens with one attached hydrogen (secondary N) is 2. The highest BCUT2D eigenvalue weighted by molar-refractivity contribution is 5.85. The first-order valence-electron chi connectivity index (χ1n) is 23.9. The van der Waals surface area contributed by atoms with Crippen LogP contribution in [0.25, 0.3) is 0 Å². The van der Waals surface area contributed by atoms with Crippen LogP contribution in [0.15, 0.2) is 48.6 Å². The summed E-state index contributed by atoms with van der Waals surface area (Å²) < 4.78 is 5.63. The van der Waals surface area contributed by atoms with Crippen molar-refractivity contribution < 1.29 is 19.1 Å². The Labute approximate surface area is 351 Å². The molecule has 3 atom stereocenters. The van der Waals surface area contributed by atoms with E-state index in [1.54, 1.807) is 0 Å². The molecule has 7 heteroatoms. The van der Waals surface area contributed by atoms with Gasteiger partial charge in [-0.3, -0.25) is 9.59 Å². The molecule has 0 radical (unpaired) electrons. The third-order valence-corrected chi connectivity index (χ3v) is 10.9. The molecule has 2 N–H and O–H groups in total. The maximum atomic E-state index is 13.1. The predicted molar refractivity (Wildman–Crippen MR) is 243 cm³/mol. The maximum absolute atomic E-state index is 13.1. The van der Waals surface area contributed by atoms with Crippen LogP contribution in [0.5, 0.6) is 0 Å². The lowest BCUT2D eigenvalue weighted by molar-refractivity contribution is -0.148. The molecule has 57 heavy (non-hydrogen) atoms. The zero-order chi connectivity index (χ0) is 41.4. The van der Waals surface area contributed by atoms with E-state index in [2.05, 4.69) is 91.8 Å². The van der Waals surface area contributed by atoms with E-state index in [0.29, 0.717) is 31.3 Å². The van der Waals surface area contributed by atoms with Gasteiger partial charge in [0.2, 0.25) is 11.8 Å². The van der Waals surface area contributed by atoms with Gasteiger partial charge >= 0.3 is 5.97 Å². The van der Waals surface area contributed by atoms with Crippen molar-refractivity contribution in [1.29, 1.82) is 0 Å². The number of allylic oxidation sites excluding steroid dienone is 8. The van der Waals surface area contributed by atoms with E-state index in [4.69, 9.17) is 4.74 Å². The first kappa shape index (κ1) is 52.3. The Morgan fingerprint density at radius 1 is 0.579 bits per heavy atom. The van der Waals surface area contributed by atoms with Gasteiger partial charge in [0, 0.05) is 32.5 Å². The number of esters is 1. The molecule has 7 nitrogen and oxygen atoms in total. The van der Waals surface area contributed by atoms with E-state index in [-0.39, 0.29) is 18.4 Å². The molecule has 1 rings (SSSR count). The highest BCUT2D eigenvalue weighted by atomic mass is 16.5. The minimum atomic E-state index is -0.868. The summed E-state index contributed by atoms with van der Waals surface area (Å²) in [4.78, 5) is 41.3. The fourth-order valence-electron chi connectivity index (χ4n) is 7.66. The molecule has 1 heterocycles. The van der Waals surface area contributed by atoms with Crippen molar-refractivity contribution in [3.63, 3.8) is 0 Å². The van der Waals surface area contributed by atoms with Gasteiger partial charge in [0.1, 0.15) is 6.04 Å². The van der Waals surface area contributed by atoms with Gasteiger partial charge in [0.05, 0.1) is 6.61 Å². The number of nitrogens with zero attached hydrogens (tertiary/aromatic N) is 1. The number of rotatable bonds is 37. The van der Waals surface area contributed by atoms with Crippen LogP contribution in [-0.4, -0.2) is 61.5 Å². The van der Waals surface area contributed by atoms with Crippen molar-refractivity contribution in [3.05, 3.63) is 48.6 Å². The number of likely N-dealkylation sites (tertiary alicyclic amines) is 1. The topological polar surface area (TPSA) is 87.7 Å². The molecule has 0 bridgehead atoms. The maximum Gasteiger partial charge on any atom is 0.330 e. The molecular weight excluding hydrogens is 707 g/mol. The van der Waals surface area contributed by atoms with Crippen molar-refractivity contribution in [2.24, 2.45) is 11.8 Å². The van der Waals surface area contributed by atoms with Gasteiger partial charge < -0.3 is 20.3 Å². The Morgan fingerprint density at radius 3 is 1.56 bits per heavy atom. The van der Waals surface area contributed by atoms with E-state index in [1.165, 1.54) is 83.5 Å². The largest absolute Gasteiger partial charge is 0.464 e. The van der Waals surface area contributed by atoms with Crippen LogP contribution in [-0.2, 0) is 19.1 Å². The second-order valence-electron chi connectivity index (χ2n) is 17.0. The van der Waals surface area contributed by atoms with Gasteiger partial charge in [-0.25, -0.2) is 4.79 Å². The van der Waals surface area contributed by atoms with Crippen molar-refractivity contribution in [2.45, 2.75) is 207 Å². The highest BCUT2D eigenvalue weighted by Crippen LogP contribution is 2.21. The first-order chi connectivity index (χ1) is 27.8. The van der Waals surface area contributed by atoms with Crippen LogP contribution in [0.2, 0.25) is 0 Å². The number of unbranched alkanes of at least 4 members (excludes halogenated alkanes) is 17. The minimum Gasteiger partial charge on any atom is -0.464 e. The molecule has 0 aromatic heterocycles. The van der Waals surface area contributed by atoms with E-state index >= 15 is 0 Å². The summed E-state index contributed by atoms with van der Waals surface area (Å²) in [5.41, 5.74) is 0. The number of carbonyl (C=O) groups excluding carboxylic acids is 3. The smallest absolute Gasteiger partial charge is 0.330 e. The second-order valence-corrected chi connectivity index (χ2v) is 17.0. The van der Waals surface area contributed by atoms with Gasteiger partial charge in [-0.05, 0) is 108 Å². The number of ether oxygens (including phenoxy) is 1. The summed E-state index contributed by atoms with van der Waals surface area (Å²) in [6.45, 7) is 12.6. The lowest BCUT2D eigenvalue weighted by atomic mass is 9.92. The Kier molecular flexibility index (Phi) is 35.7. The van der Waals surface area contributed by atoms with Crippen molar-refractivity contribution in [1.82, 2.24) is 15.5 Å². The fourth-order valence-corrected chi connectivity index (χ4v) is 7.66. The fraction of sp³-hybridized carbons (Fsp3) is 0.780. The van der Waals surface area contributed by atoms with Gasteiger partial charge in [-0.2, -0.15) is 0 Å². The summed E-state index contributed by atoms with van der Waals surface area (Å²) in [5.74, 6) is 0.691. The first-order valence-corrected chi connectivity index (χ1v) is 23.9. The van der Waals surface area contributed by atoms with E-state index in [1.807, 2.05) is 0 Å². The van der Waals surface area contributed by atoms with E-state index in [0.717, 1.165) is 96.7 Å². The second kappa shape index (κ2) is 38.8. The average Bonchev–Trinajstić information content (AvgIpc) is 3.18. The normalized spacial score (nSPS) is 17.0. The SMILES string of the molecule is CCCCC/C=C\C/C=C\CCCCCCCCOC(=O)C(CNC(=O)CCCN1CC(C)CC(C)C1)NC(=O)CCCCCCC/C=C\C/C=C\CCCCC. The summed E-state index contributed by atoms with van der Waals surface area (Å²) in [5, 5.41) is 5.80. The van der Waals surface area contributed by atoms with Gasteiger partial charge in [0.25, 0.3) is 0 Å². The van der Waals surface area contributed by atoms with Crippen LogP contribution >= 0.6 is 0 Å². The van der Waals surface area contributed by atoms with Gasteiger partial charge in [-0.15, -0.1) is 0 Å². The van der Waals surface area contributed by atoms with E-state index < -0.39 is 12.0 Å². The minimum absolute atomic E-state index is 0.0625. The van der Waals surface area contributed by atoms with Crippen molar-refractivity contribution in [3.8, 4) is 0 Å².